The summed E-state index contributed by atoms with van der Waals surface area (Å²) in [5.41, 5.74) is 5.61. The molecule has 1 fully saturated rings. The number of likely N-dealkylation sites (tertiary alicyclic amines) is 1. The summed E-state index contributed by atoms with van der Waals surface area (Å²) in [6, 6.07) is 0. The maximum absolute atomic E-state index is 12.2. The molecule has 0 bridgehead atoms. The number of hydrogen-bond donors (Lipinski definition) is 1. The Hall–Kier alpha value is -0.640. The number of rotatable bonds is 3. The lowest BCUT2D eigenvalue weighted by atomic mass is 9.90. The summed E-state index contributed by atoms with van der Waals surface area (Å²) in [6.45, 7) is 8.04. The van der Waals surface area contributed by atoms with Gasteiger partial charge in [-0.3, -0.25) is 4.79 Å². The van der Waals surface area contributed by atoms with Gasteiger partial charge in [-0.1, -0.05) is 33.0 Å². The first kappa shape index (κ1) is 13.4. The number of amides is 1. The number of nitrogens with two attached hydrogens (primary N) is 1. The van der Waals surface area contributed by atoms with Crippen LogP contribution in [0.3, 0.4) is 0 Å². The molecule has 0 aromatic carbocycles. The highest BCUT2D eigenvalue weighted by Gasteiger charge is 2.30. The lowest BCUT2D eigenvalue weighted by molar-refractivity contribution is -0.136. The number of hydrogen-bond acceptors (Lipinski definition) is 2. The van der Waals surface area contributed by atoms with Gasteiger partial charge in [0.15, 0.2) is 0 Å². The van der Waals surface area contributed by atoms with Gasteiger partial charge in [0.05, 0.1) is 10.9 Å². The molecular formula is C12H22N2OS. The zero-order chi connectivity index (χ0) is 12.3. The van der Waals surface area contributed by atoms with Gasteiger partial charge in [-0.2, -0.15) is 0 Å². The van der Waals surface area contributed by atoms with Gasteiger partial charge < -0.3 is 10.6 Å². The second-order valence-corrected chi connectivity index (χ2v) is 5.52. The van der Waals surface area contributed by atoms with Gasteiger partial charge in [0.1, 0.15) is 0 Å². The largest absolute Gasteiger partial charge is 0.393 e. The van der Waals surface area contributed by atoms with Gasteiger partial charge in [-0.05, 0) is 24.7 Å². The SMILES string of the molecule is CCC(C(=O)N1CC(C)CC(C)C1)C(N)=S. The average Bonchev–Trinajstić information content (AvgIpc) is 2.16. The van der Waals surface area contributed by atoms with Crippen LogP contribution in [-0.4, -0.2) is 28.9 Å². The van der Waals surface area contributed by atoms with Crippen LogP contribution in [0, 0.1) is 17.8 Å². The van der Waals surface area contributed by atoms with Gasteiger partial charge in [0, 0.05) is 13.1 Å². The first-order valence-corrected chi connectivity index (χ1v) is 6.44. The molecule has 1 heterocycles. The Kier molecular flexibility index (Phi) is 4.71. The van der Waals surface area contributed by atoms with Crippen LogP contribution in [0.2, 0.25) is 0 Å². The van der Waals surface area contributed by atoms with Crippen LogP contribution in [-0.2, 0) is 4.79 Å². The molecule has 1 saturated heterocycles. The molecule has 16 heavy (non-hydrogen) atoms. The van der Waals surface area contributed by atoms with E-state index >= 15 is 0 Å². The minimum absolute atomic E-state index is 0.119. The van der Waals surface area contributed by atoms with Crippen molar-refractivity contribution >= 4 is 23.1 Å². The molecule has 1 aliphatic rings. The maximum atomic E-state index is 12.2. The molecule has 1 aliphatic heterocycles. The van der Waals surface area contributed by atoms with E-state index in [4.69, 9.17) is 18.0 Å². The Morgan fingerprint density at radius 3 is 2.31 bits per heavy atom. The number of thiocarbonyl (C=S) groups is 1. The monoisotopic (exact) mass is 242 g/mol. The normalized spacial score (nSPS) is 27.6. The van der Waals surface area contributed by atoms with E-state index in [1.165, 1.54) is 6.42 Å². The first-order chi connectivity index (χ1) is 7.45. The van der Waals surface area contributed by atoms with Crippen LogP contribution in [0.4, 0.5) is 0 Å². The van der Waals surface area contributed by atoms with Crippen LogP contribution in [0.25, 0.3) is 0 Å². The van der Waals surface area contributed by atoms with E-state index in [9.17, 15) is 4.79 Å². The summed E-state index contributed by atoms with van der Waals surface area (Å²) < 4.78 is 0. The number of nitrogens with zero attached hydrogens (tertiary/aromatic N) is 1. The molecule has 0 spiro atoms. The van der Waals surface area contributed by atoms with E-state index in [0.29, 0.717) is 23.2 Å². The van der Waals surface area contributed by atoms with E-state index in [-0.39, 0.29) is 11.8 Å². The molecule has 0 aliphatic carbocycles. The topological polar surface area (TPSA) is 46.3 Å². The van der Waals surface area contributed by atoms with Crippen molar-refractivity contribution in [3.63, 3.8) is 0 Å². The number of carbonyl (C=O) groups excluding carboxylic acids is 1. The van der Waals surface area contributed by atoms with Crippen molar-refractivity contribution in [3.8, 4) is 0 Å². The molecule has 2 N–H and O–H groups in total. The van der Waals surface area contributed by atoms with Crippen molar-refractivity contribution in [1.29, 1.82) is 0 Å². The Balaban J connectivity index is 2.68. The van der Waals surface area contributed by atoms with E-state index in [0.717, 1.165) is 13.1 Å². The summed E-state index contributed by atoms with van der Waals surface area (Å²) >= 11 is 4.95. The zero-order valence-corrected chi connectivity index (χ0v) is 11.2. The fourth-order valence-electron chi connectivity index (χ4n) is 2.56. The van der Waals surface area contributed by atoms with E-state index < -0.39 is 0 Å². The molecule has 3 atom stereocenters. The Morgan fingerprint density at radius 2 is 1.94 bits per heavy atom. The molecule has 0 aromatic heterocycles. The lowest BCUT2D eigenvalue weighted by Crippen LogP contribution is -2.47. The molecule has 1 amide bonds. The summed E-state index contributed by atoms with van der Waals surface area (Å²) in [4.78, 5) is 14.5. The zero-order valence-electron chi connectivity index (χ0n) is 10.4. The third-order valence-corrected chi connectivity index (χ3v) is 3.51. The minimum atomic E-state index is -0.271. The van der Waals surface area contributed by atoms with Crippen LogP contribution in [0.15, 0.2) is 0 Å². The van der Waals surface area contributed by atoms with E-state index in [1.807, 2.05) is 11.8 Å². The highest BCUT2D eigenvalue weighted by atomic mass is 32.1. The molecule has 3 nitrogen and oxygen atoms in total. The molecule has 92 valence electrons. The molecule has 0 aromatic rings. The predicted octanol–water partition coefficient (Wildman–Crippen LogP) is 1.80. The van der Waals surface area contributed by atoms with Crippen LogP contribution in [0.1, 0.15) is 33.6 Å². The van der Waals surface area contributed by atoms with Crippen molar-refractivity contribution < 1.29 is 4.79 Å². The smallest absolute Gasteiger partial charge is 0.232 e. The Labute approximate surface area is 103 Å². The Morgan fingerprint density at radius 1 is 1.44 bits per heavy atom. The van der Waals surface area contributed by atoms with Crippen LogP contribution >= 0.6 is 12.2 Å². The molecule has 1 rings (SSSR count). The second-order valence-electron chi connectivity index (χ2n) is 5.05. The standard InChI is InChI=1S/C12H22N2OS/c1-4-10(11(13)16)12(15)14-6-8(2)5-9(3)7-14/h8-10H,4-7H2,1-3H3,(H2,13,16). The quantitative estimate of drug-likeness (QED) is 0.768. The highest BCUT2D eigenvalue weighted by Crippen LogP contribution is 2.23. The summed E-state index contributed by atoms with van der Waals surface area (Å²) in [5, 5.41) is 0. The Bertz CT molecular complexity index is 270. The fourth-order valence-corrected chi connectivity index (χ4v) is 2.83. The van der Waals surface area contributed by atoms with Crippen molar-refractivity contribution in [2.45, 2.75) is 33.6 Å². The summed E-state index contributed by atoms with van der Waals surface area (Å²) in [6.07, 6.45) is 1.90. The number of piperidine rings is 1. The molecule has 3 unspecified atom stereocenters. The third-order valence-electron chi connectivity index (χ3n) is 3.23. The molecular weight excluding hydrogens is 220 g/mol. The van der Waals surface area contributed by atoms with Crippen molar-refractivity contribution in [1.82, 2.24) is 4.90 Å². The van der Waals surface area contributed by atoms with Crippen LogP contribution in [0.5, 0.6) is 0 Å². The molecule has 0 radical (unpaired) electrons. The maximum Gasteiger partial charge on any atom is 0.232 e. The summed E-state index contributed by atoms with van der Waals surface area (Å²) in [5.74, 6) is 1.01. The fraction of sp³-hybridized carbons (Fsp3) is 0.833. The van der Waals surface area contributed by atoms with Crippen molar-refractivity contribution in [2.75, 3.05) is 13.1 Å². The van der Waals surface area contributed by atoms with Gasteiger partial charge >= 0.3 is 0 Å². The second kappa shape index (κ2) is 5.62. The van der Waals surface area contributed by atoms with Crippen molar-refractivity contribution in [3.05, 3.63) is 0 Å². The lowest BCUT2D eigenvalue weighted by Gasteiger charge is -2.36. The van der Waals surface area contributed by atoms with Gasteiger partial charge in [-0.15, -0.1) is 0 Å². The van der Waals surface area contributed by atoms with Crippen molar-refractivity contribution in [2.24, 2.45) is 23.5 Å². The molecule has 4 heteroatoms. The summed E-state index contributed by atoms with van der Waals surface area (Å²) in [7, 11) is 0. The number of carbonyl (C=O) groups is 1. The predicted molar refractivity (Wildman–Crippen MR) is 70.1 cm³/mol. The van der Waals surface area contributed by atoms with Gasteiger partial charge in [0.2, 0.25) is 5.91 Å². The van der Waals surface area contributed by atoms with E-state index in [2.05, 4.69) is 13.8 Å². The average molecular weight is 242 g/mol. The minimum Gasteiger partial charge on any atom is -0.393 e. The van der Waals surface area contributed by atoms with E-state index in [1.54, 1.807) is 0 Å². The first-order valence-electron chi connectivity index (χ1n) is 6.03. The van der Waals surface area contributed by atoms with Gasteiger partial charge in [-0.25, -0.2) is 0 Å². The van der Waals surface area contributed by atoms with Crippen LogP contribution < -0.4 is 5.73 Å². The molecule has 0 saturated carbocycles. The highest BCUT2D eigenvalue weighted by molar-refractivity contribution is 7.80. The van der Waals surface area contributed by atoms with Gasteiger partial charge in [0.25, 0.3) is 0 Å². The third kappa shape index (κ3) is 3.17.